The molecule has 0 amide bonds. The first kappa shape index (κ1) is 18.7. The maximum atomic E-state index is 9.95. The Morgan fingerprint density at radius 1 is 1.14 bits per heavy atom. The molecule has 6 heteroatoms. The van der Waals surface area contributed by atoms with Crippen molar-refractivity contribution in [2.24, 2.45) is 0 Å². The molecule has 1 atom stereocenters. The second kappa shape index (κ2) is 7.38. The van der Waals surface area contributed by atoms with E-state index in [1.165, 1.54) is 0 Å². The summed E-state index contributed by atoms with van der Waals surface area (Å²) in [6, 6.07) is 13.9. The number of rotatable bonds is 3. The second-order valence-corrected chi connectivity index (χ2v) is 6.99. The average Bonchev–Trinajstić information content (AvgIpc) is 2.72. The fraction of sp³-hybridized carbons (Fsp3) is 0.174. The highest BCUT2D eigenvalue weighted by Gasteiger charge is 2.20. The van der Waals surface area contributed by atoms with E-state index < -0.39 is 6.23 Å². The molecular weight excluding hydrogens is 362 g/mol. The van der Waals surface area contributed by atoms with Gasteiger partial charge in [0.05, 0.1) is 17.3 Å². The van der Waals surface area contributed by atoms with Crippen LogP contribution in [0.2, 0.25) is 0 Å². The summed E-state index contributed by atoms with van der Waals surface area (Å²) in [5, 5.41) is 25.5. The standard InChI is InChI=1S/C23H21N5O/c1-13-9-17(11-20(25-3)26-13)19-10-15-7-8-21(29)27-23(15)28-22(19)18-6-4-5-16(12-24)14(18)2/h4-11,21,29H,1-3H3,(H,25,26)(H,27,28). The van der Waals surface area contributed by atoms with Gasteiger partial charge in [-0.15, -0.1) is 0 Å². The van der Waals surface area contributed by atoms with Crippen molar-refractivity contribution in [1.82, 2.24) is 9.97 Å². The van der Waals surface area contributed by atoms with Crippen LogP contribution < -0.4 is 10.6 Å². The number of aromatic nitrogens is 2. The minimum atomic E-state index is -0.778. The van der Waals surface area contributed by atoms with E-state index in [0.717, 1.165) is 45.0 Å². The van der Waals surface area contributed by atoms with Gasteiger partial charge < -0.3 is 15.7 Å². The van der Waals surface area contributed by atoms with Crippen LogP contribution in [-0.2, 0) is 0 Å². The largest absolute Gasteiger partial charge is 0.373 e. The van der Waals surface area contributed by atoms with Crippen molar-refractivity contribution >= 4 is 17.7 Å². The van der Waals surface area contributed by atoms with Gasteiger partial charge in [0.15, 0.2) is 0 Å². The number of hydrogen-bond acceptors (Lipinski definition) is 6. The minimum Gasteiger partial charge on any atom is -0.373 e. The molecule has 0 aliphatic carbocycles. The Morgan fingerprint density at radius 3 is 2.72 bits per heavy atom. The van der Waals surface area contributed by atoms with Gasteiger partial charge in [0.1, 0.15) is 17.9 Å². The Labute approximate surface area is 169 Å². The van der Waals surface area contributed by atoms with Gasteiger partial charge >= 0.3 is 0 Å². The molecule has 1 aliphatic rings. The molecule has 2 aromatic heterocycles. The van der Waals surface area contributed by atoms with Crippen LogP contribution in [-0.4, -0.2) is 28.4 Å². The molecule has 29 heavy (non-hydrogen) atoms. The van der Waals surface area contributed by atoms with Crippen LogP contribution in [0.25, 0.3) is 28.5 Å². The van der Waals surface area contributed by atoms with E-state index in [-0.39, 0.29) is 0 Å². The van der Waals surface area contributed by atoms with Gasteiger partial charge in [-0.2, -0.15) is 5.26 Å². The molecule has 1 aliphatic heterocycles. The quantitative estimate of drug-likeness (QED) is 0.630. The van der Waals surface area contributed by atoms with E-state index in [1.807, 2.05) is 51.2 Å². The summed E-state index contributed by atoms with van der Waals surface area (Å²) in [4.78, 5) is 9.35. The number of aliphatic hydroxyl groups is 1. The summed E-state index contributed by atoms with van der Waals surface area (Å²) in [7, 11) is 1.84. The van der Waals surface area contributed by atoms with Crippen molar-refractivity contribution in [2.75, 3.05) is 17.7 Å². The van der Waals surface area contributed by atoms with Gasteiger partial charge in [0, 0.05) is 29.4 Å². The SMILES string of the molecule is CNc1cc(-c2cc3c(nc2-c2cccc(C#N)c2C)NC(O)C=C3)cc(C)n1. The molecule has 0 radical (unpaired) electrons. The molecule has 0 bridgehead atoms. The van der Waals surface area contributed by atoms with Gasteiger partial charge in [0.25, 0.3) is 0 Å². The van der Waals surface area contributed by atoms with Gasteiger partial charge in [-0.05, 0) is 55.3 Å². The number of anilines is 2. The third-order valence-electron chi connectivity index (χ3n) is 5.02. The average molecular weight is 383 g/mol. The molecule has 0 fully saturated rings. The Balaban J connectivity index is 2.02. The zero-order chi connectivity index (χ0) is 20.5. The van der Waals surface area contributed by atoms with Crippen molar-refractivity contribution in [2.45, 2.75) is 20.1 Å². The number of fused-ring (bicyclic) bond motifs is 1. The normalized spacial score (nSPS) is 14.7. The molecule has 1 unspecified atom stereocenters. The highest BCUT2D eigenvalue weighted by molar-refractivity contribution is 5.88. The second-order valence-electron chi connectivity index (χ2n) is 6.99. The van der Waals surface area contributed by atoms with Gasteiger partial charge in [-0.25, -0.2) is 9.97 Å². The minimum absolute atomic E-state index is 0.611. The van der Waals surface area contributed by atoms with E-state index in [0.29, 0.717) is 11.4 Å². The van der Waals surface area contributed by atoms with E-state index in [9.17, 15) is 10.4 Å². The van der Waals surface area contributed by atoms with Crippen LogP contribution in [0.1, 0.15) is 22.4 Å². The summed E-state index contributed by atoms with van der Waals surface area (Å²) in [5.74, 6) is 1.38. The van der Waals surface area contributed by atoms with Crippen LogP contribution >= 0.6 is 0 Å². The van der Waals surface area contributed by atoms with Gasteiger partial charge in [-0.3, -0.25) is 0 Å². The van der Waals surface area contributed by atoms with Crippen LogP contribution in [0.5, 0.6) is 0 Å². The zero-order valence-electron chi connectivity index (χ0n) is 16.5. The lowest BCUT2D eigenvalue weighted by Gasteiger charge is -2.21. The van der Waals surface area contributed by atoms with E-state index >= 15 is 0 Å². The molecule has 0 spiro atoms. The third kappa shape index (κ3) is 3.44. The van der Waals surface area contributed by atoms with E-state index in [2.05, 4.69) is 27.8 Å². The smallest absolute Gasteiger partial charge is 0.145 e. The van der Waals surface area contributed by atoms with Crippen LogP contribution in [0.15, 0.2) is 42.5 Å². The summed E-state index contributed by atoms with van der Waals surface area (Å²) in [5.41, 5.74) is 6.82. The molecule has 6 nitrogen and oxygen atoms in total. The van der Waals surface area contributed by atoms with E-state index in [1.54, 1.807) is 12.1 Å². The predicted molar refractivity (Wildman–Crippen MR) is 115 cm³/mol. The first-order valence-electron chi connectivity index (χ1n) is 9.35. The predicted octanol–water partition coefficient (Wildman–Crippen LogP) is 4.10. The molecule has 3 N–H and O–H groups in total. The van der Waals surface area contributed by atoms with Crippen molar-refractivity contribution in [3.8, 4) is 28.5 Å². The number of aliphatic hydroxyl groups excluding tert-OH is 1. The maximum absolute atomic E-state index is 9.95. The summed E-state index contributed by atoms with van der Waals surface area (Å²) >= 11 is 0. The number of benzene rings is 1. The van der Waals surface area contributed by atoms with Gasteiger partial charge in [-0.1, -0.05) is 18.2 Å². The lowest BCUT2D eigenvalue weighted by molar-refractivity contribution is 0.251. The summed E-state index contributed by atoms with van der Waals surface area (Å²) in [6.45, 7) is 3.88. The molecular formula is C23H21N5O. The summed E-state index contributed by atoms with van der Waals surface area (Å²) in [6.07, 6.45) is 2.77. The Kier molecular flexibility index (Phi) is 4.75. The van der Waals surface area contributed by atoms with Crippen molar-refractivity contribution in [3.05, 3.63) is 64.9 Å². The number of aryl methyl sites for hydroxylation is 1. The Hall–Kier alpha value is -3.69. The lowest BCUT2D eigenvalue weighted by atomic mass is 9.93. The number of pyridine rings is 2. The van der Waals surface area contributed by atoms with E-state index in [4.69, 9.17) is 4.98 Å². The third-order valence-corrected chi connectivity index (χ3v) is 5.02. The van der Waals surface area contributed by atoms with Crippen molar-refractivity contribution in [1.29, 1.82) is 5.26 Å². The number of nitriles is 1. The van der Waals surface area contributed by atoms with Crippen molar-refractivity contribution < 1.29 is 5.11 Å². The highest BCUT2D eigenvalue weighted by Crippen LogP contribution is 2.38. The topological polar surface area (TPSA) is 93.9 Å². The number of nitrogens with one attached hydrogen (secondary N) is 2. The molecule has 3 heterocycles. The summed E-state index contributed by atoms with van der Waals surface area (Å²) < 4.78 is 0. The molecule has 1 aromatic carbocycles. The molecule has 3 aromatic rings. The number of hydrogen-bond donors (Lipinski definition) is 3. The first-order chi connectivity index (χ1) is 14.0. The highest BCUT2D eigenvalue weighted by atomic mass is 16.3. The van der Waals surface area contributed by atoms with Crippen LogP contribution in [0, 0.1) is 25.2 Å². The monoisotopic (exact) mass is 383 g/mol. The van der Waals surface area contributed by atoms with Gasteiger partial charge in [0.2, 0.25) is 0 Å². The maximum Gasteiger partial charge on any atom is 0.145 e. The number of nitrogens with zero attached hydrogens (tertiary/aromatic N) is 3. The molecule has 0 saturated carbocycles. The Bertz CT molecular complexity index is 1180. The fourth-order valence-corrected chi connectivity index (χ4v) is 3.55. The fourth-order valence-electron chi connectivity index (χ4n) is 3.55. The van der Waals surface area contributed by atoms with Crippen LogP contribution in [0.3, 0.4) is 0 Å². The molecule has 144 valence electrons. The molecule has 0 saturated heterocycles. The zero-order valence-corrected chi connectivity index (χ0v) is 16.5. The van der Waals surface area contributed by atoms with Crippen molar-refractivity contribution in [3.63, 3.8) is 0 Å². The lowest BCUT2D eigenvalue weighted by Crippen LogP contribution is -2.20. The molecule has 4 rings (SSSR count). The first-order valence-corrected chi connectivity index (χ1v) is 9.35. The van der Waals surface area contributed by atoms with Crippen LogP contribution in [0.4, 0.5) is 11.6 Å². The Morgan fingerprint density at radius 2 is 1.97 bits per heavy atom.